The van der Waals surface area contributed by atoms with Gasteiger partial charge in [-0.15, -0.1) is 0 Å². The molecule has 1 aromatic rings. The molecule has 0 amide bonds. The zero-order chi connectivity index (χ0) is 12.1. The number of ether oxygens (including phenoxy) is 1. The van der Waals surface area contributed by atoms with E-state index >= 15 is 0 Å². The molecule has 0 spiro atoms. The van der Waals surface area contributed by atoms with Gasteiger partial charge in [-0.05, 0) is 25.5 Å². The van der Waals surface area contributed by atoms with Crippen molar-refractivity contribution in [3.8, 4) is 0 Å². The molecular formula is C14H19NO2. The Morgan fingerprint density at radius 1 is 1.41 bits per heavy atom. The number of hydrogen-bond donors (Lipinski definition) is 0. The Kier molecular flexibility index (Phi) is 4.15. The zero-order valence-corrected chi connectivity index (χ0v) is 10.3. The average molecular weight is 233 g/mol. The first-order chi connectivity index (χ1) is 8.29. The topological polar surface area (TPSA) is 29.5 Å². The summed E-state index contributed by atoms with van der Waals surface area (Å²) in [6.07, 6.45) is 0.922. The van der Waals surface area contributed by atoms with Crippen molar-refractivity contribution < 1.29 is 9.53 Å². The van der Waals surface area contributed by atoms with E-state index in [9.17, 15) is 4.79 Å². The molecule has 0 bridgehead atoms. The van der Waals surface area contributed by atoms with Gasteiger partial charge in [-0.1, -0.05) is 30.3 Å². The van der Waals surface area contributed by atoms with Gasteiger partial charge in [-0.25, -0.2) is 0 Å². The molecule has 3 heteroatoms. The van der Waals surface area contributed by atoms with Crippen LogP contribution in [0.4, 0.5) is 0 Å². The number of esters is 1. The van der Waals surface area contributed by atoms with Crippen molar-refractivity contribution in [2.45, 2.75) is 19.9 Å². The number of hydrogen-bond acceptors (Lipinski definition) is 3. The third-order valence-electron chi connectivity index (χ3n) is 3.14. The number of rotatable bonds is 4. The molecule has 1 aliphatic rings. The van der Waals surface area contributed by atoms with Gasteiger partial charge in [0.25, 0.3) is 0 Å². The van der Waals surface area contributed by atoms with Crippen LogP contribution in [0.5, 0.6) is 0 Å². The van der Waals surface area contributed by atoms with Gasteiger partial charge < -0.3 is 4.74 Å². The molecule has 1 aliphatic heterocycles. The number of carbonyl (C=O) groups excluding carboxylic acids is 1. The van der Waals surface area contributed by atoms with Crippen molar-refractivity contribution in [2.24, 2.45) is 5.92 Å². The monoisotopic (exact) mass is 233 g/mol. The van der Waals surface area contributed by atoms with Gasteiger partial charge in [0.15, 0.2) is 0 Å². The fourth-order valence-electron chi connectivity index (χ4n) is 2.27. The largest absolute Gasteiger partial charge is 0.466 e. The van der Waals surface area contributed by atoms with Crippen molar-refractivity contribution in [3.05, 3.63) is 35.9 Å². The molecule has 0 aromatic heterocycles. The van der Waals surface area contributed by atoms with Crippen LogP contribution in [0.25, 0.3) is 0 Å². The molecular weight excluding hydrogens is 214 g/mol. The van der Waals surface area contributed by atoms with E-state index in [0.717, 1.165) is 26.1 Å². The second-order valence-electron chi connectivity index (χ2n) is 4.46. The zero-order valence-electron chi connectivity index (χ0n) is 10.3. The van der Waals surface area contributed by atoms with Gasteiger partial charge in [0.2, 0.25) is 0 Å². The van der Waals surface area contributed by atoms with Crippen LogP contribution in [-0.2, 0) is 16.1 Å². The summed E-state index contributed by atoms with van der Waals surface area (Å²) >= 11 is 0. The molecule has 1 saturated heterocycles. The second-order valence-corrected chi connectivity index (χ2v) is 4.46. The number of benzene rings is 1. The van der Waals surface area contributed by atoms with Crippen molar-refractivity contribution in [2.75, 3.05) is 19.7 Å². The molecule has 1 atom stereocenters. The first kappa shape index (κ1) is 12.1. The lowest BCUT2D eigenvalue weighted by Crippen LogP contribution is -2.24. The van der Waals surface area contributed by atoms with E-state index in [0.29, 0.717) is 6.61 Å². The molecule has 1 fully saturated rings. The predicted molar refractivity (Wildman–Crippen MR) is 66.5 cm³/mol. The Labute approximate surface area is 102 Å². The highest BCUT2D eigenvalue weighted by molar-refractivity contribution is 5.73. The normalized spacial score (nSPS) is 20.4. The van der Waals surface area contributed by atoms with Crippen molar-refractivity contribution in [1.82, 2.24) is 4.90 Å². The average Bonchev–Trinajstić information content (AvgIpc) is 2.79. The smallest absolute Gasteiger partial charge is 0.310 e. The Balaban J connectivity index is 1.84. The molecule has 1 aromatic carbocycles. The van der Waals surface area contributed by atoms with E-state index in [-0.39, 0.29) is 11.9 Å². The van der Waals surface area contributed by atoms with Crippen molar-refractivity contribution >= 4 is 5.97 Å². The van der Waals surface area contributed by atoms with Crippen LogP contribution in [-0.4, -0.2) is 30.6 Å². The molecule has 1 heterocycles. The first-order valence-corrected chi connectivity index (χ1v) is 6.22. The minimum Gasteiger partial charge on any atom is -0.466 e. The minimum absolute atomic E-state index is 0.0388. The summed E-state index contributed by atoms with van der Waals surface area (Å²) in [7, 11) is 0. The first-order valence-electron chi connectivity index (χ1n) is 6.22. The van der Waals surface area contributed by atoms with E-state index < -0.39 is 0 Å². The quantitative estimate of drug-likeness (QED) is 0.746. The van der Waals surface area contributed by atoms with Crippen LogP contribution in [0.3, 0.4) is 0 Å². The lowest BCUT2D eigenvalue weighted by atomic mass is 10.1. The van der Waals surface area contributed by atoms with Gasteiger partial charge in [-0.3, -0.25) is 9.69 Å². The Bertz CT molecular complexity index is 364. The molecule has 0 N–H and O–H groups in total. The molecule has 0 radical (unpaired) electrons. The third kappa shape index (κ3) is 3.30. The van der Waals surface area contributed by atoms with Gasteiger partial charge in [0.1, 0.15) is 0 Å². The van der Waals surface area contributed by atoms with Crippen molar-refractivity contribution in [3.63, 3.8) is 0 Å². The van der Waals surface area contributed by atoms with E-state index in [1.165, 1.54) is 5.56 Å². The van der Waals surface area contributed by atoms with Gasteiger partial charge in [0.05, 0.1) is 12.5 Å². The lowest BCUT2D eigenvalue weighted by molar-refractivity contribution is -0.147. The van der Waals surface area contributed by atoms with E-state index in [4.69, 9.17) is 4.74 Å². The Morgan fingerprint density at radius 2 is 2.18 bits per heavy atom. The summed E-state index contributed by atoms with van der Waals surface area (Å²) in [6.45, 7) is 5.07. The molecule has 0 unspecified atom stereocenters. The van der Waals surface area contributed by atoms with Crippen LogP contribution in [0, 0.1) is 5.92 Å². The molecule has 92 valence electrons. The van der Waals surface area contributed by atoms with Crippen LogP contribution < -0.4 is 0 Å². The standard InChI is InChI=1S/C14H19NO2/c1-2-17-14(16)13-8-9-15(11-13)10-12-6-4-3-5-7-12/h3-7,13H,2,8-11H2,1H3/t13-/m0/s1. The number of carbonyl (C=O) groups is 1. The second kappa shape index (κ2) is 5.82. The fraction of sp³-hybridized carbons (Fsp3) is 0.500. The maximum Gasteiger partial charge on any atom is 0.310 e. The fourth-order valence-corrected chi connectivity index (χ4v) is 2.27. The Hall–Kier alpha value is -1.35. The van der Waals surface area contributed by atoms with Crippen molar-refractivity contribution in [1.29, 1.82) is 0 Å². The SMILES string of the molecule is CCOC(=O)[C@H]1CCN(Cc2ccccc2)C1. The predicted octanol–water partition coefficient (Wildman–Crippen LogP) is 2.07. The lowest BCUT2D eigenvalue weighted by Gasteiger charge is -2.15. The summed E-state index contributed by atoms with van der Waals surface area (Å²) in [5.74, 6) is 0.0294. The maximum atomic E-state index is 11.6. The van der Waals surface area contributed by atoms with E-state index in [2.05, 4.69) is 17.0 Å². The van der Waals surface area contributed by atoms with Gasteiger partial charge in [-0.2, -0.15) is 0 Å². The molecule has 0 saturated carbocycles. The van der Waals surface area contributed by atoms with Crippen LogP contribution >= 0.6 is 0 Å². The third-order valence-corrected chi connectivity index (χ3v) is 3.14. The number of nitrogens with zero attached hydrogens (tertiary/aromatic N) is 1. The van der Waals surface area contributed by atoms with Gasteiger partial charge in [0, 0.05) is 13.1 Å². The highest BCUT2D eigenvalue weighted by atomic mass is 16.5. The van der Waals surface area contributed by atoms with E-state index in [1.807, 2.05) is 25.1 Å². The highest BCUT2D eigenvalue weighted by Crippen LogP contribution is 2.19. The summed E-state index contributed by atoms with van der Waals surface area (Å²) < 4.78 is 5.06. The van der Waals surface area contributed by atoms with Crippen LogP contribution in [0.15, 0.2) is 30.3 Å². The summed E-state index contributed by atoms with van der Waals surface area (Å²) in [5.41, 5.74) is 1.30. The van der Waals surface area contributed by atoms with Crippen LogP contribution in [0.1, 0.15) is 18.9 Å². The summed E-state index contributed by atoms with van der Waals surface area (Å²) in [5, 5.41) is 0. The summed E-state index contributed by atoms with van der Waals surface area (Å²) in [4.78, 5) is 13.9. The maximum absolute atomic E-state index is 11.6. The molecule has 2 rings (SSSR count). The number of likely N-dealkylation sites (tertiary alicyclic amines) is 1. The highest BCUT2D eigenvalue weighted by Gasteiger charge is 2.28. The molecule has 0 aliphatic carbocycles. The van der Waals surface area contributed by atoms with Gasteiger partial charge >= 0.3 is 5.97 Å². The van der Waals surface area contributed by atoms with Crippen LogP contribution in [0.2, 0.25) is 0 Å². The van der Waals surface area contributed by atoms with E-state index in [1.54, 1.807) is 0 Å². The molecule has 3 nitrogen and oxygen atoms in total. The summed E-state index contributed by atoms with van der Waals surface area (Å²) in [6, 6.07) is 10.4. The Morgan fingerprint density at radius 3 is 2.88 bits per heavy atom. The molecule has 17 heavy (non-hydrogen) atoms. The minimum atomic E-state index is -0.0388.